The number of rotatable bonds is 3. The lowest BCUT2D eigenvalue weighted by Crippen LogP contribution is -2.15. The fourth-order valence-electron chi connectivity index (χ4n) is 0.985. The number of hydrogen-bond acceptors (Lipinski definition) is 4. The van der Waals surface area contributed by atoms with E-state index in [4.69, 9.17) is 5.73 Å². The van der Waals surface area contributed by atoms with Gasteiger partial charge in [-0.05, 0) is 28.7 Å². The zero-order valence-corrected chi connectivity index (χ0v) is 9.64. The lowest BCUT2D eigenvalue weighted by molar-refractivity contribution is -0.387. The summed E-state index contributed by atoms with van der Waals surface area (Å²) in [6.07, 6.45) is -3.15. The van der Waals surface area contributed by atoms with Crippen LogP contribution in [0.4, 0.5) is 14.5 Å². The van der Waals surface area contributed by atoms with Crippen molar-refractivity contribution < 1.29 is 18.5 Å². The van der Waals surface area contributed by atoms with E-state index >= 15 is 0 Å². The predicted octanol–water partition coefficient (Wildman–Crippen LogP) is 1.63. The zero-order chi connectivity index (χ0) is 12.5. The Balaban J connectivity index is 3.51. The molecule has 1 aromatic heterocycles. The molecule has 16 heavy (non-hydrogen) atoms. The molecular formula is C7H4F2IN3O3. The molecule has 9 heteroatoms. The highest BCUT2D eigenvalue weighted by molar-refractivity contribution is 14.1. The summed E-state index contributed by atoms with van der Waals surface area (Å²) < 4.78 is 24.9. The van der Waals surface area contributed by atoms with E-state index in [2.05, 4.69) is 4.98 Å². The molecule has 2 N–H and O–H groups in total. The van der Waals surface area contributed by atoms with Gasteiger partial charge in [-0.1, -0.05) is 0 Å². The van der Waals surface area contributed by atoms with Gasteiger partial charge in [-0.15, -0.1) is 0 Å². The largest absolute Gasteiger partial charge is 0.364 e. The van der Waals surface area contributed by atoms with Gasteiger partial charge < -0.3 is 5.73 Å². The smallest absolute Gasteiger partial charge is 0.309 e. The molecule has 6 nitrogen and oxygen atoms in total. The van der Waals surface area contributed by atoms with Crippen LogP contribution in [0.1, 0.15) is 22.6 Å². The zero-order valence-electron chi connectivity index (χ0n) is 7.49. The van der Waals surface area contributed by atoms with Gasteiger partial charge in [-0.3, -0.25) is 14.9 Å². The van der Waals surface area contributed by atoms with E-state index in [0.717, 1.165) is 6.07 Å². The molecule has 0 unspecified atom stereocenters. The maximum Gasteiger partial charge on any atom is 0.309 e. The third-order valence-corrected chi connectivity index (χ3v) is 2.44. The summed E-state index contributed by atoms with van der Waals surface area (Å²) in [4.78, 5) is 23.5. The third kappa shape index (κ3) is 2.40. The van der Waals surface area contributed by atoms with Gasteiger partial charge in [-0.2, -0.15) is 0 Å². The van der Waals surface area contributed by atoms with Gasteiger partial charge in [0.1, 0.15) is 5.69 Å². The van der Waals surface area contributed by atoms with Crippen LogP contribution in [0.25, 0.3) is 0 Å². The Labute approximate surface area is 101 Å². The first-order valence-corrected chi connectivity index (χ1v) is 4.85. The van der Waals surface area contributed by atoms with Gasteiger partial charge >= 0.3 is 5.69 Å². The molecule has 1 rings (SSSR count). The lowest BCUT2D eigenvalue weighted by atomic mass is 10.2. The molecule has 0 aromatic carbocycles. The number of halogens is 3. The molecular weight excluding hydrogens is 339 g/mol. The fraction of sp³-hybridized carbons (Fsp3) is 0.143. The average Bonchev–Trinajstić information content (AvgIpc) is 2.15. The Kier molecular flexibility index (Phi) is 3.67. The first-order valence-electron chi connectivity index (χ1n) is 3.77. The second-order valence-corrected chi connectivity index (χ2v) is 3.81. The summed E-state index contributed by atoms with van der Waals surface area (Å²) in [6.45, 7) is 0. The van der Waals surface area contributed by atoms with Crippen molar-refractivity contribution in [2.24, 2.45) is 5.73 Å². The van der Waals surface area contributed by atoms with Crippen LogP contribution in [-0.2, 0) is 0 Å². The molecule has 0 spiro atoms. The minimum absolute atomic E-state index is 0.110. The van der Waals surface area contributed by atoms with E-state index in [9.17, 15) is 23.7 Å². The summed E-state index contributed by atoms with van der Waals surface area (Å²) in [5, 5.41) is 10.5. The molecule has 0 aliphatic heterocycles. The Morgan fingerprint density at radius 3 is 2.56 bits per heavy atom. The Morgan fingerprint density at radius 2 is 2.19 bits per heavy atom. The second kappa shape index (κ2) is 4.63. The number of pyridine rings is 1. The van der Waals surface area contributed by atoms with E-state index in [0.29, 0.717) is 0 Å². The van der Waals surface area contributed by atoms with Crippen LogP contribution >= 0.6 is 22.6 Å². The fourth-order valence-corrected chi connectivity index (χ4v) is 1.75. The summed E-state index contributed by atoms with van der Waals surface area (Å²) in [6, 6.07) is 0.993. The number of aromatic nitrogens is 1. The maximum absolute atomic E-state index is 12.5. The predicted molar refractivity (Wildman–Crippen MR) is 57.1 cm³/mol. The van der Waals surface area contributed by atoms with Crippen LogP contribution in [0.15, 0.2) is 6.07 Å². The highest BCUT2D eigenvalue weighted by atomic mass is 127. The summed E-state index contributed by atoms with van der Waals surface area (Å²) in [5.41, 5.74) is 2.58. The molecule has 0 bridgehead atoms. The number of nitrogens with zero attached hydrogens (tertiary/aromatic N) is 2. The quantitative estimate of drug-likeness (QED) is 0.512. The standard InChI is InChI=1S/C7H4F2IN3O3/c8-6(9)4-5(13(15)16)2(10)1-3(12-4)7(11)14/h1,6H,(H2,11,14). The number of alkyl halides is 2. The van der Waals surface area contributed by atoms with Gasteiger partial charge in [0.15, 0.2) is 5.69 Å². The van der Waals surface area contributed by atoms with Crippen LogP contribution < -0.4 is 5.73 Å². The summed E-state index contributed by atoms with van der Waals surface area (Å²) in [5.74, 6) is -1.02. The van der Waals surface area contributed by atoms with Crippen molar-refractivity contribution >= 4 is 34.2 Å². The number of carbonyl (C=O) groups excluding carboxylic acids is 1. The Bertz CT molecular complexity index is 466. The highest BCUT2D eigenvalue weighted by Gasteiger charge is 2.28. The number of amides is 1. The van der Waals surface area contributed by atoms with E-state index in [1.807, 2.05) is 0 Å². The number of nitrogens with two attached hydrogens (primary N) is 1. The Hall–Kier alpha value is -1.39. The van der Waals surface area contributed by atoms with Gasteiger partial charge in [0.25, 0.3) is 12.3 Å². The molecule has 0 radical (unpaired) electrons. The number of nitro groups is 1. The summed E-state index contributed by atoms with van der Waals surface area (Å²) >= 11 is 1.47. The van der Waals surface area contributed by atoms with Gasteiger partial charge in [0, 0.05) is 0 Å². The summed E-state index contributed by atoms with van der Waals surface area (Å²) in [7, 11) is 0. The minimum atomic E-state index is -3.15. The molecule has 0 saturated carbocycles. The van der Waals surface area contributed by atoms with E-state index in [1.54, 1.807) is 0 Å². The molecule has 1 amide bonds. The van der Waals surface area contributed by atoms with Gasteiger partial charge in [-0.25, -0.2) is 13.8 Å². The van der Waals surface area contributed by atoms with Crippen LogP contribution in [0, 0.1) is 13.7 Å². The lowest BCUT2D eigenvalue weighted by Gasteiger charge is -2.04. The molecule has 0 aliphatic rings. The SMILES string of the molecule is NC(=O)c1cc(I)c([N+](=O)[O-])c(C(F)F)n1. The van der Waals surface area contributed by atoms with Crippen molar-refractivity contribution in [3.8, 4) is 0 Å². The molecule has 0 saturated heterocycles. The van der Waals surface area contributed by atoms with E-state index in [1.165, 1.54) is 22.6 Å². The molecule has 1 heterocycles. The molecule has 0 fully saturated rings. The minimum Gasteiger partial charge on any atom is -0.364 e. The van der Waals surface area contributed by atoms with Crippen molar-refractivity contribution in [1.82, 2.24) is 4.98 Å². The first-order chi connectivity index (χ1) is 7.34. The average molecular weight is 343 g/mol. The van der Waals surface area contributed by atoms with Gasteiger partial charge in [0.2, 0.25) is 0 Å². The maximum atomic E-state index is 12.5. The second-order valence-electron chi connectivity index (χ2n) is 2.65. The number of primary amides is 1. The molecule has 1 aromatic rings. The van der Waals surface area contributed by atoms with Crippen LogP contribution in [0.3, 0.4) is 0 Å². The topological polar surface area (TPSA) is 99.1 Å². The monoisotopic (exact) mass is 343 g/mol. The van der Waals surface area contributed by atoms with Gasteiger partial charge in [0.05, 0.1) is 8.49 Å². The molecule has 0 aliphatic carbocycles. The normalized spacial score (nSPS) is 10.5. The number of carbonyl (C=O) groups is 1. The van der Waals surface area contributed by atoms with E-state index < -0.39 is 34.3 Å². The Morgan fingerprint density at radius 1 is 1.62 bits per heavy atom. The third-order valence-electron chi connectivity index (χ3n) is 1.61. The molecule has 0 atom stereocenters. The van der Waals surface area contributed by atoms with Crippen LogP contribution in [-0.4, -0.2) is 15.8 Å². The van der Waals surface area contributed by atoms with Crippen molar-refractivity contribution in [3.63, 3.8) is 0 Å². The van der Waals surface area contributed by atoms with Crippen molar-refractivity contribution in [2.75, 3.05) is 0 Å². The number of hydrogen-bond donors (Lipinski definition) is 1. The highest BCUT2D eigenvalue weighted by Crippen LogP contribution is 2.31. The molecule has 86 valence electrons. The van der Waals surface area contributed by atoms with Crippen LogP contribution in [0.2, 0.25) is 0 Å². The van der Waals surface area contributed by atoms with Crippen molar-refractivity contribution in [2.45, 2.75) is 6.43 Å². The van der Waals surface area contributed by atoms with Crippen LogP contribution in [0.5, 0.6) is 0 Å². The van der Waals surface area contributed by atoms with Crippen molar-refractivity contribution in [3.05, 3.63) is 31.1 Å². The van der Waals surface area contributed by atoms with E-state index in [-0.39, 0.29) is 3.57 Å². The first kappa shape index (κ1) is 12.7. The van der Waals surface area contributed by atoms with Crippen molar-refractivity contribution in [1.29, 1.82) is 0 Å².